The van der Waals surface area contributed by atoms with Gasteiger partial charge in [0, 0.05) is 11.3 Å². The standard InChI is InChI=1S/C34H33NO4/c1-38-34(37)29-16-20-30(21-17-29)35(24-25-12-14-27(15-13-25)26-8-4-2-5-9-26)33(36)28-18-22-32(23-19-28)39-31-10-6-3-7-11-31/h3,6-7,10-23,26H,2,4-5,8-9,24H2,1H3. The third kappa shape index (κ3) is 6.55. The number of ether oxygens (including phenoxy) is 2. The van der Waals surface area contributed by atoms with Crippen LogP contribution in [0, 0.1) is 0 Å². The zero-order valence-electron chi connectivity index (χ0n) is 22.2. The van der Waals surface area contributed by atoms with Crippen LogP contribution in [0.4, 0.5) is 5.69 Å². The zero-order chi connectivity index (χ0) is 27.0. The lowest BCUT2D eigenvalue weighted by atomic mass is 9.84. The topological polar surface area (TPSA) is 55.8 Å². The Morgan fingerprint density at radius 2 is 1.33 bits per heavy atom. The fraction of sp³-hybridized carbons (Fsp3) is 0.235. The van der Waals surface area contributed by atoms with E-state index in [4.69, 9.17) is 9.47 Å². The van der Waals surface area contributed by atoms with Crippen molar-refractivity contribution in [2.45, 2.75) is 44.6 Å². The summed E-state index contributed by atoms with van der Waals surface area (Å²) in [5, 5.41) is 0. The highest BCUT2D eigenvalue weighted by molar-refractivity contribution is 6.06. The molecular weight excluding hydrogens is 486 g/mol. The Hall–Kier alpha value is -4.38. The summed E-state index contributed by atoms with van der Waals surface area (Å²) in [6.07, 6.45) is 6.43. The molecule has 4 aromatic rings. The van der Waals surface area contributed by atoms with Crippen molar-refractivity contribution in [2.75, 3.05) is 12.0 Å². The predicted octanol–water partition coefficient (Wildman–Crippen LogP) is 8.16. The first kappa shape index (κ1) is 26.2. The van der Waals surface area contributed by atoms with Crippen molar-refractivity contribution in [3.8, 4) is 11.5 Å². The fourth-order valence-electron chi connectivity index (χ4n) is 5.14. The van der Waals surface area contributed by atoms with Gasteiger partial charge in [0.2, 0.25) is 0 Å². The normalized spacial score (nSPS) is 13.5. The van der Waals surface area contributed by atoms with Crippen molar-refractivity contribution in [1.29, 1.82) is 0 Å². The molecule has 1 amide bonds. The Labute approximate surface area is 230 Å². The van der Waals surface area contributed by atoms with E-state index in [1.165, 1.54) is 44.8 Å². The Morgan fingerprint density at radius 1 is 0.718 bits per heavy atom. The number of nitrogens with zero attached hydrogens (tertiary/aromatic N) is 1. The molecular formula is C34H33NO4. The van der Waals surface area contributed by atoms with Gasteiger partial charge in [-0.1, -0.05) is 61.7 Å². The predicted molar refractivity (Wildman–Crippen MR) is 154 cm³/mol. The summed E-state index contributed by atoms with van der Waals surface area (Å²) in [4.78, 5) is 27.5. The molecule has 1 aliphatic rings. The summed E-state index contributed by atoms with van der Waals surface area (Å²) in [5.74, 6) is 1.48. The van der Waals surface area contributed by atoms with Gasteiger partial charge in [-0.2, -0.15) is 0 Å². The highest BCUT2D eigenvalue weighted by Gasteiger charge is 2.20. The van der Waals surface area contributed by atoms with Gasteiger partial charge in [0.15, 0.2) is 0 Å². The third-order valence-corrected chi connectivity index (χ3v) is 7.32. The van der Waals surface area contributed by atoms with Crippen molar-refractivity contribution >= 4 is 17.6 Å². The van der Waals surface area contributed by atoms with E-state index in [2.05, 4.69) is 24.3 Å². The minimum Gasteiger partial charge on any atom is -0.465 e. The van der Waals surface area contributed by atoms with Crippen molar-refractivity contribution in [2.24, 2.45) is 0 Å². The zero-order valence-corrected chi connectivity index (χ0v) is 22.2. The summed E-state index contributed by atoms with van der Waals surface area (Å²) >= 11 is 0. The van der Waals surface area contributed by atoms with Crippen LogP contribution >= 0.6 is 0 Å². The maximum absolute atomic E-state index is 13.8. The van der Waals surface area contributed by atoms with Crippen LogP contribution in [0.25, 0.3) is 0 Å². The van der Waals surface area contributed by atoms with Gasteiger partial charge in [0.1, 0.15) is 11.5 Å². The lowest BCUT2D eigenvalue weighted by molar-refractivity contribution is 0.0600. The maximum atomic E-state index is 13.8. The molecule has 0 spiro atoms. The number of methoxy groups -OCH3 is 1. The Morgan fingerprint density at radius 3 is 1.97 bits per heavy atom. The molecule has 0 radical (unpaired) electrons. The number of amides is 1. The molecule has 5 rings (SSSR count). The fourth-order valence-corrected chi connectivity index (χ4v) is 5.14. The Kier molecular flexibility index (Phi) is 8.37. The van der Waals surface area contributed by atoms with Gasteiger partial charge in [-0.3, -0.25) is 4.79 Å². The van der Waals surface area contributed by atoms with E-state index < -0.39 is 5.97 Å². The monoisotopic (exact) mass is 519 g/mol. The highest BCUT2D eigenvalue weighted by atomic mass is 16.5. The average Bonchev–Trinajstić information content (AvgIpc) is 3.01. The van der Waals surface area contributed by atoms with Gasteiger partial charge < -0.3 is 14.4 Å². The molecule has 198 valence electrons. The van der Waals surface area contributed by atoms with E-state index in [9.17, 15) is 9.59 Å². The lowest BCUT2D eigenvalue weighted by Crippen LogP contribution is -2.30. The first-order valence-corrected chi connectivity index (χ1v) is 13.5. The molecule has 0 aromatic heterocycles. The maximum Gasteiger partial charge on any atom is 0.337 e. The number of carbonyl (C=O) groups is 2. The molecule has 0 N–H and O–H groups in total. The molecule has 0 saturated heterocycles. The van der Waals surface area contributed by atoms with E-state index in [1.54, 1.807) is 53.4 Å². The van der Waals surface area contributed by atoms with E-state index in [-0.39, 0.29) is 5.91 Å². The minimum absolute atomic E-state index is 0.136. The number of anilines is 1. The molecule has 39 heavy (non-hydrogen) atoms. The molecule has 1 aliphatic carbocycles. The molecule has 0 unspecified atom stereocenters. The summed E-state index contributed by atoms with van der Waals surface area (Å²) < 4.78 is 10.7. The third-order valence-electron chi connectivity index (χ3n) is 7.32. The smallest absolute Gasteiger partial charge is 0.337 e. The van der Waals surface area contributed by atoms with Crippen LogP contribution < -0.4 is 9.64 Å². The van der Waals surface area contributed by atoms with Crippen molar-refractivity contribution in [3.05, 3.63) is 125 Å². The van der Waals surface area contributed by atoms with Crippen LogP contribution in [0.3, 0.4) is 0 Å². The van der Waals surface area contributed by atoms with Gasteiger partial charge >= 0.3 is 5.97 Å². The number of carbonyl (C=O) groups excluding carboxylic acids is 2. The second-order valence-corrected chi connectivity index (χ2v) is 9.95. The molecule has 0 bridgehead atoms. The number of hydrogen-bond acceptors (Lipinski definition) is 4. The molecule has 0 atom stereocenters. The van der Waals surface area contributed by atoms with Gasteiger partial charge in [0.25, 0.3) is 5.91 Å². The van der Waals surface area contributed by atoms with Crippen molar-refractivity contribution < 1.29 is 19.1 Å². The van der Waals surface area contributed by atoms with Crippen LogP contribution in [0.5, 0.6) is 11.5 Å². The Bertz CT molecular complexity index is 1370. The molecule has 0 aliphatic heterocycles. The van der Waals surface area contributed by atoms with Crippen molar-refractivity contribution in [1.82, 2.24) is 0 Å². The van der Waals surface area contributed by atoms with Crippen molar-refractivity contribution in [3.63, 3.8) is 0 Å². The van der Waals surface area contributed by atoms with E-state index in [1.807, 2.05) is 30.3 Å². The molecule has 1 fully saturated rings. The quantitative estimate of drug-likeness (QED) is 0.220. The molecule has 5 nitrogen and oxygen atoms in total. The lowest BCUT2D eigenvalue weighted by Gasteiger charge is -2.25. The van der Waals surface area contributed by atoms with Crippen LogP contribution in [-0.2, 0) is 11.3 Å². The summed E-state index contributed by atoms with van der Waals surface area (Å²) in [6.45, 7) is 0.406. The first-order chi connectivity index (χ1) is 19.1. The number of hydrogen-bond donors (Lipinski definition) is 0. The molecule has 1 saturated carbocycles. The van der Waals surface area contributed by atoms with Crippen LogP contribution in [0.15, 0.2) is 103 Å². The van der Waals surface area contributed by atoms with E-state index >= 15 is 0 Å². The summed E-state index contributed by atoms with van der Waals surface area (Å²) in [6, 6.07) is 32.3. The second kappa shape index (κ2) is 12.4. The summed E-state index contributed by atoms with van der Waals surface area (Å²) in [5.41, 5.74) is 4.12. The minimum atomic E-state index is -0.410. The average molecular weight is 520 g/mol. The number of rotatable bonds is 8. The van der Waals surface area contributed by atoms with E-state index in [0.29, 0.717) is 35.0 Å². The van der Waals surface area contributed by atoms with Crippen LogP contribution in [-0.4, -0.2) is 19.0 Å². The van der Waals surface area contributed by atoms with Crippen LogP contribution in [0.2, 0.25) is 0 Å². The number of para-hydroxylation sites is 1. The second-order valence-electron chi connectivity index (χ2n) is 9.95. The van der Waals surface area contributed by atoms with Gasteiger partial charge in [-0.15, -0.1) is 0 Å². The number of esters is 1. The van der Waals surface area contributed by atoms with Gasteiger partial charge in [-0.05, 0) is 90.6 Å². The SMILES string of the molecule is COC(=O)c1ccc(N(Cc2ccc(C3CCCCC3)cc2)C(=O)c2ccc(Oc3ccccc3)cc2)cc1. The Balaban J connectivity index is 1.38. The molecule has 0 heterocycles. The highest BCUT2D eigenvalue weighted by Crippen LogP contribution is 2.33. The largest absolute Gasteiger partial charge is 0.465 e. The van der Waals surface area contributed by atoms with E-state index in [0.717, 1.165) is 11.3 Å². The first-order valence-electron chi connectivity index (χ1n) is 13.5. The molecule has 4 aromatic carbocycles. The van der Waals surface area contributed by atoms with Gasteiger partial charge in [0.05, 0.1) is 19.2 Å². The summed E-state index contributed by atoms with van der Waals surface area (Å²) in [7, 11) is 1.36. The van der Waals surface area contributed by atoms with Gasteiger partial charge in [-0.25, -0.2) is 4.79 Å². The van der Waals surface area contributed by atoms with Crippen LogP contribution in [0.1, 0.15) is 69.9 Å². The number of benzene rings is 4. The molecule has 5 heteroatoms.